The van der Waals surface area contributed by atoms with Gasteiger partial charge >= 0.3 is 5.97 Å². The normalized spacial score (nSPS) is 16.4. The van der Waals surface area contributed by atoms with Gasteiger partial charge in [-0.15, -0.1) is 0 Å². The molecule has 1 amide bonds. The molecule has 6 unspecified atom stereocenters. The fourth-order valence-corrected chi connectivity index (χ4v) is 4.86. The summed E-state index contributed by atoms with van der Waals surface area (Å²) in [5, 5.41) is 53.0. The van der Waals surface area contributed by atoms with Crippen molar-refractivity contribution in [1.29, 1.82) is 0 Å². The second-order valence-corrected chi connectivity index (χ2v) is 12.5. The number of carbonyl (C=O) groups excluding carboxylic acids is 1. The number of rotatable bonds is 28. The molecular weight excluding hydrogens is 544 g/mol. The number of ether oxygens (including phenoxy) is 2. The molecule has 11 nitrogen and oxygen atoms in total. The van der Waals surface area contributed by atoms with Gasteiger partial charge in [0.15, 0.2) is 6.54 Å². The van der Waals surface area contributed by atoms with Gasteiger partial charge < -0.3 is 44.8 Å². The average Bonchev–Trinajstić information content (AvgIpc) is 2.89. The summed E-state index contributed by atoms with van der Waals surface area (Å²) in [6.45, 7) is 6.79. The van der Waals surface area contributed by atoms with Gasteiger partial charge in [-0.05, 0) is 33.1 Å². The number of carboxylic acid groups (broad SMARTS) is 1. The van der Waals surface area contributed by atoms with E-state index in [-0.39, 0.29) is 32.1 Å². The minimum atomic E-state index is -0.888. The Hall–Kier alpha value is -1.34. The zero-order chi connectivity index (χ0) is 32.0. The molecule has 0 rings (SSSR count). The molecule has 0 heterocycles. The third kappa shape index (κ3) is 23.2. The van der Waals surface area contributed by atoms with E-state index in [4.69, 9.17) is 14.6 Å². The fourth-order valence-electron chi connectivity index (χ4n) is 4.86. The monoisotopic (exact) mass is 607 g/mol. The molecule has 0 aliphatic carbocycles. The summed E-state index contributed by atoms with van der Waals surface area (Å²) in [6, 6.07) is 0. The Morgan fingerprint density at radius 1 is 0.762 bits per heavy atom. The molecule has 0 bridgehead atoms. The molecule has 0 aromatic heterocycles. The van der Waals surface area contributed by atoms with E-state index in [1.807, 2.05) is 14.1 Å². The lowest BCUT2D eigenvalue weighted by molar-refractivity contribution is -0.883. The minimum absolute atomic E-state index is 0.0116. The van der Waals surface area contributed by atoms with E-state index in [0.29, 0.717) is 36.8 Å². The van der Waals surface area contributed by atoms with Crippen molar-refractivity contribution in [2.45, 2.75) is 141 Å². The van der Waals surface area contributed by atoms with Crippen molar-refractivity contribution in [3.8, 4) is 0 Å². The van der Waals surface area contributed by atoms with Crippen LogP contribution < -0.4 is 5.32 Å². The van der Waals surface area contributed by atoms with Gasteiger partial charge in [-0.1, -0.05) is 51.9 Å². The van der Waals surface area contributed by atoms with E-state index in [2.05, 4.69) is 12.2 Å². The van der Waals surface area contributed by atoms with E-state index in [1.165, 1.54) is 0 Å². The van der Waals surface area contributed by atoms with Crippen LogP contribution in [-0.2, 0) is 19.1 Å². The lowest BCUT2D eigenvalue weighted by atomic mass is 9.96. The standard InChI is InChI=1S/C31H62N2O9/c1-6-7-11-15-26(36)29(42-23-25(3)35)20-27(37)28(41-22-24(2)34)16-12-9-8-10-13-17-30(38)32-18-14-19-33(4,5)21-31(39)40/h24-29,34-37H,6-23H2,1-5H3,(H-,32,38,39,40)/p+1. The zero-order valence-corrected chi connectivity index (χ0v) is 27.0. The number of carboxylic acids is 1. The number of hydrogen-bond acceptors (Lipinski definition) is 8. The van der Waals surface area contributed by atoms with Crippen molar-refractivity contribution in [2.24, 2.45) is 0 Å². The van der Waals surface area contributed by atoms with E-state index >= 15 is 0 Å². The maximum atomic E-state index is 12.1. The van der Waals surface area contributed by atoms with Crippen LogP contribution in [0.1, 0.15) is 104 Å². The summed E-state index contributed by atoms with van der Waals surface area (Å²) < 4.78 is 12.0. The number of unbranched alkanes of at least 4 members (excludes halogenated alkanes) is 6. The number of likely N-dealkylation sites (N-methyl/N-ethyl adjacent to an activating group) is 1. The molecule has 6 N–H and O–H groups in total. The fraction of sp³-hybridized carbons (Fsp3) is 0.935. The number of nitrogens with one attached hydrogen (secondary N) is 1. The Labute approximate surface area is 254 Å². The summed E-state index contributed by atoms with van der Waals surface area (Å²) in [4.78, 5) is 23.0. The number of nitrogens with zero attached hydrogens (tertiary/aromatic N) is 1. The van der Waals surface area contributed by atoms with Crippen molar-refractivity contribution >= 4 is 11.9 Å². The lowest BCUT2D eigenvalue weighted by Crippen LogP contribution is -2.45. The van der Waals surface area contributed by atoms with Gasteiger partial charge in [-0.3, -0.25) is 4.79 Å². The van der Waals surface area contributed by atoms with Crippen molar-refractivity contribution in [2.75, 3.05) is 46.9 Å². The van der Waals surface area contributed by atoms with Crippen molar-refractivity contribution in [3.63, 3.8) is 0 Å². The van der Waals surface area contributed by atoms with Crippen LogP contribution in [0, 0.1) is 0 Å². The molecular formula is C31H63N2O9+. The largest absolute Gasteiger partial charge is 0.477 e. The number of aliphatic hydroxyl groups excluding tert-OH is 4. The van der Waals surface area contributed by atoms with Crippen LogP contribution >= 0.6 is 0 Å². The van der Waals surface area contributed by atoms with Crippen LogP contribution in [0.5, 0.6) is 0 Å². The second-order valence-electron chi connectivity index (χ2n) is 12.5. The Morgan fingerprint density at radius 2 is 1.33 bits per heavy atom. The molecule has 0 aliphatic rings. The molecule has 0 saturated heterocycles. The van der Waals surface area contributed by atoms with Gasteiger partial charge in [-0.25, -0.2) is 4.79 Å². The quantitative estimate of drug-likeness (QED) is 0.0579. The van der Waals surface area contributed by atoms with Gasteiger partial charge in [0.2, 0.25) is 5.91 Å². The summed E-state index contributed by atoms with van der Waals surface area (Å²) >= 11 is 0. The smallest absolute Gasteiger partial charge is 0.359 e. The summed E-state index contributed by atoms with van der Waals surface area (Å²) in [5.41, 5.74) is 0. The molecule has 42 heavy (non-hydrogen) atoms. The third-order valence-corrected chi connectivity index (χ3v) is 7.26. The summed E-state index contributed by atoms with van der Waals surface area (Å²) in [6.07, 6.45) is 5.69. The third-order valence-electron chi connectivity index (χ3n) is 7.26. The van der Waals surface area contributed by atoms with Crippen molar-refractivity contribution in [3.05, 3.63) is 0 Å². The van der Waals surface area contributed by atoms with E-state index in [9.17, 15) is 30.0 Å². The summed E-state index contributed by atoms with van der Waals surface area (Å²) in [7, 11) is 3.73. The number of carbonyl (C=O) groups is 2. The van der Waals surface area contributed by atoms with E-state index in [1.54, 1.807) is 13.8 Å². The molecule has 0 spiro atoms. The maximum Gasteiger partial charge on any atom is 0.359 e. The first kappa shape index (κ1) is 40.7. The first-order valence-electron chi connectivity index (χ1n) is 16.0. The van der Waals surface area contributed by atoms with Crippen LogP contribution in [0.25, 0.3) is 0 Å². The predicted molar refractivity (Wildman–Crippen MR) is 163 cm³/mol. The number of amides is 1. The number of aliphatic hydroxyl groups is 4. The minimum Gasteiger partial charge on any atom is -0.477 e. The Kier molecular flexibility index (Phi) is 23.3. The highest BCUT2D eigenvalue weighted by atomic mass is 16.5. The van der Waals surface area contributed by atoms with Crippen LogP contribution in [0.2, 0.25) is 0 Å². The van der Waals surface area contributed by atoms with Crippen LogP contribution in [0.15, 0.2) is 0 Å². The van der Waals surface area contributed by atoms with Gasteiger partial charge in [0, 0.05) is 25.8 Å². The van der Waals surface area contributed by atoms with Crippen LogP contribution in [-0.4, -0.2) is 125 Å². The summed E-state index contributed by atoms with van der Waals surface area (Å²) in [5.74, 6) is -0.819. The number of aliphatic carboxylic acids is 1. The maximum absolute atomic E-state index is 12.1. The molecule has 0 aromatic rings. The first-order chi connectivity index (χ1) is 19.8. The molecule has 0 fully saturated rings. The first-order valence-corrected chi connectivity index (χ1v) is 16.0. The van der Waals surface area contributed by atoms with Crippen LogP contribution in [0.3, 0.4) is 0 Å². The van der Waals surface area contributed by atoms with Crippen molar-refractivity contribution in [1.82, 2.24) is 5.32 Å². The van der Waals surface area contributed by atoms with Gasteiger partial charge in [0.25, 0.3) is 0 Å². The molecule has 0 aliphatic heterocycles. The van der Waals surface area contributed by atoms with E-state index < -0.39 is 42.6 Å². The topological polar surface area (TPSA) is 166 Å². The molecule has 0 saturated carbocycles. The highest BCUT2D eigenvalue weighted by Gasteiger charge is 2.29. The molecule has 0 radical (unpaired) electrons. The second kappa shape index (κ2) is 24.0. The predicted octanol–water partition coefficient (Wildman–Crippen LogP) is 2.61. The lowest BCUT2D eigenvalue weighted by Gasteiger charge is -2.30. The molecule has 6 atom stereocenters. The van der Waals surface area contributed by atoms with Crippen molar-refractivity contribution < 1.29 is 49.1 Å². The molecule has 11 heteroatoms. The van der Waals surface area contributed by atoms with E-state index in [0.717, 1.165) is 57.8 Å². The van der Waals surface area contributed by atoms with Gasteiger partial charge in [-0.2, -0.15) is 0 Å². The average molecular weight is 608 g/mol. The molecule has 0 aromatic carbocycles. The number of quaternary nitrogens is 1. The Bertz CT molecular complexity index is 691. The molecule has 250 valence electrons. The highest BCUT2D eigenvalue weighted by molar-refractivity contribution is 5.75. The van der Waals surface area contributed by atoms with Gasteiger partial charge in [0.05, 0.1) is 70.5 Å². The zero-order valence-electron chi connectivity index (χ0n) is 27.0. The van der Waals surface area contributed by atoms with Crippen LogP contribution in [0.4, 0.5) is 0 Å². The SMILES string of the molecule is CCCCCC(O)C(CC(O)C(CCCCCCCC(=O)NCCC[N+](C)(C)CC(=O)O)OCC(C)O)OCC(C)O. The Morgan fingerprint density at radius 3 is 1.93 bits per heavy atom. The Balaban J connectivity index is 4.50. The number of hydrogen-bond donors (Lipinski definition) is 6. The highest BCUT2D eigenvalue weighted by Crippen LogP contribution is 2.21. The van der Waals surface area contributed by atoms with Gasteiger partial charge in [0.1, 0.15) is 0 Å².